The number of hydrogen-bond donors (Lipinski definition) is 1. The Labute approximate surface area is 141 Å². The first kappa shape index (κ1) is 17.4. The molecule has 0 bridgehead atoms. The number of likely N-dealkylation sites (tertiary alicyclic amines) is 1. The Kier molecular flexibility index (Phi) is 6.80. The van der Waals surface area contributed by atoms with E-state index in [1.807, 2.05) is 11.9 Å². The van der Waals surface area contributed by atoms with Gasteiger partial charge in [-0.1, -0.05) is 23.2 Å². The fourth-order valence-corrected chi connectivity index (χ4v) is 3.17. The number of carbonyl (C=O) groups is 1. The molecule has 122 valence electrons. The summed E-state index contributed by atoms with van der Waals surface area (Å²) in [5.41, 5.74) is 0. The molecule has 1 saturated heterocycles. The van der Waals surface area contributed by atoms with E-state index >= 15 is 0 Å². The first-order valence-corrected chi connectivity index (χ1v) is 8.35. The molecule has 1 N–H and O–H groups in total. The van der Waals surface area contributed by atoms with E-state index in [9.17, 15) is 4.79 Å². The van der Waals surface area contributed by atoms with Crippen LogP contribution in [-0.2, 0) is 4.79 Å². The van der Waals surface area contributed by atoms with Gasteiger partial charge >= 0.3 is 0 Å². The van der Waals surface area contributed by atoms with Crippen molar-refractivity contribution in [3.05, 3.63) is 28.2 Å². The molecule has 1 aliphatic rings. The maximum absolute atomic E-state index is 12.2. The Balaban J connectivity index is 1.76. The summed E-state index contributed by atoms with van der Waals surface area (Å²) >= 11 is 11.8. The zero-order valence-corrected chi connectivity index (χ0v) is 14.3. The number of hydrogen-bond acceptors (Lipinski definition) is 3. The standard InChI is InChI=1S/C16H22Cl2N2O2/c1-19-5-2-12-3-6-20(7-4-12)16(21)11-22-15-9-13(17)8-14(18)10-15/h8-10,12,19H,2-7,11H2,1H3. The zero-order valence-electron chi connectivity index (χ0n) is 12.8. The van der Waals surface area contributed by atoms with Gasteiger partial charge in [-0.3, -0.25) is 4.79 Å². The Hall–Kier alpha value is -0.970. The van der Waals surface area contributed by atoms with E-state index in [0.29, 0.717) is 21.7 Å². The number of amides is 1. The van der Waals surface area contributed by atoms with E-state index in [0.717, 1.165) is 32.5 Å². The molecule has 0 aliphatic carbocycles. The number of benzene rings is 1. The topological polar surface area (TPSA) is 41.6 Å². The smallest absolute Gasteiger partial charge is 0.260 e. The van der Waals surface area contributed by atoms with Crippen molar-refractivity contribution >= 4 is 29.1 Å². The van der Waals surface area contributed by atoms with Gasteiger partial charge in [0.2, 0.25) is 0 Å². The van der Waals surface area contributed by atoms with Gasteiger partial charge in [0, 0.05) is 23.1 Å². The lowest BCUT2D eigenvalue weighted by Crippen LogP contribution is -2.41. The molecule has 1 aliphatic heterocycles. The molecular weight excluding hydrogens is 323 g/mol. The summed E-state index contributed by atoms with van der Waals surface area (Å²) in [5, 5.41) is 4.17. The van der Waals surface area contributed by atoms with Crippen LogP contribution in [0, 0.1) is 5.92 Å². The summed E-state index contributed by atoms with van der Waals surface area (Å²) in [6, 6.07) is 4.95. The molecule has 4 nitrogen and oxygen atoms in total. The van der Waals surface area contributed by atoms with Gasteiger partial charge in [-0.2, -0.15) is 0 Å². The van der Waals surface area contributed by atoms with E-state index in [-0.39, 0.29) is 12.5 Å². The second-order valence-electron chi connectivity index (χ2n) is 5.61. The number of nitrogens with one attached hydrogen (secondary N) is 1. The van der Waals surface area contributed by atoms with Crippen LogP contribution in [0.2, 0.25) is 10.0 Å². The summed E-state index contributed by atoms with van der Waals surface area (Å²) in [5.74, 6) is 1.25. The Bertz CT molecular complexity index is 483. The van der Waals surface area contributed by atoms with Crippen LogP contribution in [0.15, 0.2) is 18.2 Å². The minimum Gasteiger partial charge on any atom is -0.484 e. The van der Waals surface area contributed by atoms with Crippen molar-refractivity contribution in [2.45, 2.75) is 19.3 Å². The molecule has 0 radical (unpaired) electrons. The third-order valence-electron chi connectivity index (χ3n) is 3.97. The molecule has 6 heteroatoms. The molecule has 0 unspecified atom stereocenters. The third kappa shape index (κ3) is 5.34. The molecule has 1 fully saturated rings. The molecule has 1 aromatic rings. The molecule has 1 amide bonds. The van der Waals surface area contributed by atoms with Crippen LogP contribution in [0.4, 0.5) is 0 Å². The van der Waals surface area contributed by atoms with E-state index in [4.69, 9.17) is 27.9 Å². The number of carbonyl (C=O) groups excluding carboxylic acids is 1. The highest BCUT2D eigenvalue weighted by Crippen LogP contribution is 2.24. The molecule has 22 heavy (non-hydrogen) atoms. The minimum absolute atomic E-state index is 0.0168. The van der Waals surface area contributed by atoms with Gasteiger partial charge < -0.3 is 15.0 Å². The highest BCUT2D eigenvalue weighted by atomic mass is 35.5. The lowest BCUT2D eigenvalue weighted by Gasteiger charge is -2.32. The zero-order chi connectivity index (χ0) is 15.9. The van der Waals surface area contributed by atoms with Crippen molar-refractivity contribution in [2.75, 3.05) is 33.3 Å². The number of nitrogens with zero attached hydrogens (tertiary/aromatic N) is 1. The van der Waals surface area contributed by atoms with Crippen LogP contribution in [0.5, 0.6) is 5.75 Å². The largest absolute Gasteiger partial charge is 0.484 e. The van der Waals surface area contributed by atoms with Crippen LogP contribution in [0.3, 0.4) is 0 Å². The lowest BCUT2D eigenvalue weighted by molar-refractivity contribution is -0.134. The first-order valence-electron chi connectivity index (χ1n) is 7.59. The van der Waals surface area contributed by atoms with Gasteiger partial charge in [-0.15, -0.1) is 0 Å². The molecule has 0 aromatic heterocycles. The lowest BCUT2D eigenvalue weighted by atomic mass is 9.93. The van der Waals surface area contributed by atoms with Crippen LogP contribution in [0.25, 0.3) is 0 Å². The average Bonchev–Trinajstić information content (AvgIpc) is 2.50. The van der Waals surface area contributed by atoms with Gasteiger partial charge in [0.1, 0.15) is 5.75 Å². The normalized spacial score (nSPS) is 15.9. The van der Waals surface area contributed by atoms with Crippen molar-refractivity contribution in [1.82, 2.24) is 10.2 Å². The Morgan fingerprint density at radius 2 is 1.91 bits per heavy atom. The first-order chi connectivity index (χ1) is 10.6. The highest BCUT2D eigenvalue weighted by molar-refractivity contribution is 6.34. The molecule has 1 heterocycles. The predicted octanol–water partition coefficient (Wildman–Crippen LogP) is 3.22. The quantitative estimate of drug-likeness (QED) is 0.861. The number of ether oxygens (including phenoxy) is 1. The molecular formula is C16H22Cl2N2O2. The fourth-order valence-electron chi connectivity index (χ4n) is 2.67. The van der Waals surface area contributed by atoms with Crippen molar-refractivity contribution < 1.29 is 9.53 Å². The van der Waals surface area contributed by atoms with Crippen LogP contribution in [0.1, 0.15) is 19.3 Å². The van der Waals surface area contributed by atoms with E-state index in [1.54, 1.807) is 18.2 Å². The molecule has 0 spiro atoms. The molecule has 2 rings (SSSR count). The van der Waals surface area contributed by atoms with Crippen LogP contribution >= 0.6 is 23.2 Å². The van der Waals surface area contributed by atoms with Crippen molar-refractivity contribution in [1.29, 1.82) is 0 Å². The van der Waals surface area contributed by atoms with E-state index in [1.165, 1.54) is 6.42 Å². The maximum atomic E-state index is 12.2. The molecule has 0 saturated carbocycles. The Morgan fingerprint density at radius 1 is 1.27 bits per heavy atom. The number of halogens is 2. The average molecular weight is 345 g/mol. The van der Waals surface area contributed by atoms with Gasteiger partial charge in [0.05, 0.1) is 0 Å². The van der Waals surface area contributed by atoms with E-state index < -0.39 is 0 Å². The minimum atomic E-state index is 0.0168. The number of piperidine rings is 1. The van der Waals surface area contributed by atoms with Gasteiger partial charge in [0.15, 0.2) is 6.61 Å². The van der Waals surface area contributed by atoms with E-state index in [2.05, 4.69) is 5.32 Å². The second kappa shape index (κ2) is 8.61. The summed E-state index contributed by atoms with van der Waals surface area (Å²) in [7, 11) is 1.97. The summed E-state index contributed by atoms with van der Waals surface area (Å²) in [6.07, 6.45) is 3.31. The van der Waals surface area contributed by atoms with Crippen molar-refractivity contribution in [3.63, 3.8) is 0 Å². The van der Waals surface area contributed by atoms with Crippen molar-refractivity contribution in [2.24, 2.45) is 5.92 Å². The van der Waals surface area contributed by atoms with Crippen LogP contribution < -0.4 is 10.1 Å². The third-order valence-corrected chi connectivity index (χ3v) is 4.40. The van der Waals surface area contributed by atoms with Gasteiger partial charge in [0.25, 0.3) is 5.91 Å². The molecule has 1 aromatic carbocycles. The maximum Gasteiger partial charge on any atom is 0.260 e. The van der Waals surface area contributed by atoms with Crippen LogP contribution in [-0.4, -0.2) is 44.1 Å². The fraction of sp³-hybridized carbons (Fsp3) is 0.562. The van der Waals surface area contributed by atoms with Crippen molar-refractivity contribution in [3.8, 4) is 5.75 Å². The summed E-state index contributed by atoms with van der Waals surface area (Å²) in [6.45, 7) is 2.69. The van der Waals surface area contributed by atoms with Gasteiger partial charge in [-0.25, -0.2) is 0 Å². The predicted molar refractivity (Wildman–Crippen MR) is 89.8 cm³/mol. The SMILES string of the molecule is CNCCC1CCN(C(=O)COc2cc(Cl)cc(Cl)c2)CC1. The second-order valence-corrected chi connectivity index (χ2v) is 6.48. The highest BCUT2D eigenvalue weighted by Gasteiger charge is 2.22. The molecule has 0 atom stereocenters. The monoisotopic (exact) mass is 344 g/mol. The summed E-state index contributed by atoms with van der Waals surface area (Å²) < 4.78 is 5.50. The van der Waals surface area contributed by atoms with Gasteiger partial charge in [-0.05, 0) is 57.0 Å². The number of rotatable bonds is 6. The summed E-state index contributed by atoms with van der Waals surface area (Å²) in [4.78, 5) is 14.1. The Morgan fingerprint density at radius 3 is 2.50 bits per heavy atom.